The standard InChI is InChI=1S/C23H26N4O2/c1-3-4-12-27(2)23-25-19(17-8-6-5-7-9-17)16-22(26-23)24-18-10-11-20-21(15-18)29-14-13-28-20/h5-11,15-16H,3-4,12-14H2,1-2H3,(H,24,25,26). The maximum atomic E-state index is 5.70. The van der Waals surface area contributed by atoms with Crippen LogP contribution in [0.4, 0.5) is 17.5 Å². The maximum absolute atomic E-state index is 5.70. The molecule has 1 aromatic heterocycles. The summed E-state index contributed by atoms with van der Waals surface area (Å²) in [5, 5.41) is 3.40. The number of nitrogens with zero attached hydrogens (tertiary/aromatic N) is 3. The number of unbranched alkanes of at least 4 members (excludes halogenated alkanes) is 1. The molecule has 6 nitrogen and oxygen atoms in total. The van der Waals surface area contributed by atoms with Crippen LogP contribution in [-0.2, 0) is 0 Å². The van der Waals surface area contributed by atoms with Crippen LogP contribution in [0.1, 0.15) is 19.8 Å². The molecule has 29 heavy (non-hydrogen) atoms. The summed E-state index contributed by atoms with van der Waals surface area (Å²) in [6.45, 7) is 4.25. The van der Waals surface area contributed by atoms with Crippen molar-refractivity contribution in [3.05, 3.63) is 54.6 Å². The Kier molecular flexibility index (Phi) is 5.79. The molecular formula is C23H26N4O2. The topological polar surface area (TPSA) is 59.5 Å². The van der Waals surface area contributed by atoms with Crippen molar-refractivity contribution in [2.75, 3.05) is 37.0 Å². The summed E-state index contributed by atoms with van der Waals surface area (Å²) < 4.78 is 11.3. The van der Waals surface area contributed by atoms with Crippen LogP contribution in [0.25, 0.3) is 11.3 Å². The lowest BCUT2D eigenvalue weighted by Gasteiger charge is -2.20. The number of aromatic nitrogens is 2. The zero-order valence-corrected chi connectivity index (χ0v) is 16.9. The number of anilines is 3. The van der Waals surface area contributed by atoms with Crippen LogP contribution in [-0.4, -0.2) is 36.8 Å². The number of benzene rings is 2. The number of nitrogens with one attached hydrogen (secondary N) is 1. The van der Waals surface area contributed by atoms with Crippen LogP contribution in [0, 0.1) is 0 Å². The summed E-state index contributed by atoms with van der Waals surface area (Å²) in [6, 6.07) is 18.0. The molecule has 0 bridgehead atoms. The highest BCUT2D eigenvalue weighted by Gasteiger charge is 2.14. The smallest absolute Gasteiger partial charge is 0.227 e. The van der Waals surface area contributed by atoms with Crippen molar-refractivity contribution in [1.29, 1.82) is 0 Å². The second-order valence-corrected chi connectivity index (χ2v) is 7.06. The molecule has 1 aliphatic rings. The Hall–Kier alpha value is -3.28. The van der Waals surface area contributed by atoms with Gasteiger partial charge >= 0.3 is 0 Å². The molecule has 0 fully saturated rings. The molecule has 0 amide bonds. The second-order valence-electron chi connectivity index (χ2n) is 7.06. The first-order chi connectivity index (χ1) is 14.2. The molecular weight excluding hydrogens is 364 g/mol. The van der Waals surface area contributed by atoms with E-state index in [1.807, 2.05) is 49.5 Å². The lowest BCUT2D eigenvalue weighted by Crippen LogP contribution is -2.21. The molecule has 2 heterocycles. The molecule has 0 radical (unpaired) electrons. The Labute approximate surface area is 171 Å². The second kappa shape index (κ2) is 8.82. The molecule has 0 unspecified atom stereocenters. The number of ether oxygens (including phenoxy) is 2. The minimum Gasteiger partial charge on any atom is -0.486 e. The van der Waals surface area contributed by atoms with Gasteiger partial charge in [0.1, 0.15) is 19.0 Å². The first-order valence-corrected chi connectivity index (χ1v) is 10.1. The average Bonchev–Trinajstić information content (AvgIpc) is 2.77. The first kappa shape index (κ1) is 19.1. The number of rotatable bonds is 7. The summed E-state index contributed by atoms with van der Waals surface area (Å²) >= 11 is 0. The van der Waals surface area contributed by atoms with Gasteiger partial charge in [0, 0.05) is 37.0 Å². The fourth-order valence-electron chi connectivity index (χ4n) is 3.19. The summed E-state index contributed by atoms with van der Waals surface area (Å²) in [4.78, 5) is 11.7. The predicted octanol–water partition coefficient (Wildman–Crippen LogP) is 4.89. The molecule has 2 aromatic carbocycles. The van der Waals surface area contributed by atoms with Crippen LogP contribution in [0.5, 0.6) is 11.5 Å². The van der Waals surface area contributed by atoms with E-state index in [0.29, 0.717) is 19.2 Å². The molecule has 1 N–H and O–H groups in total. The highest BCUT2D eigenvalue weighted by atomic mass is 16.6. The van der Waals surface area contributed by atoms with Crippen molar-refractivity contribution in [2.45, 2.75) is 19.8 Å². The molecule has 150 valence electrons. The van der Waals surface area contributed by atoms with E-state index in [-0.39, 0.29) is 0 Å². The van der Waals surface area contributed by atoms with Crippen molar-refractivity contribution in [2.24, 2.45) is 0 Å². The summed E-state index contributed by atoms with van der Waals surface area (Å²) in [5.74, 6) is 2.97. The van der Waals surface area contributed by atoms with E-state index >= 15 is 0 Å². The lowest BCUT2D eigenvalue weighted by atomic mass is 10.1. The Morgan fingerprint density at radius 1 is 0.966 bits per heavy atom. The Balaban J connectivity index is 1.66. The lowest BCUT2D eigenvalue weighted by molar-refractivity contribution is 0.171. The maximum Gasteiger partial charge on any atom is 0.227 e. The molecule has 0 atom stereocenters. The fourth-order valence-corrected chi connectivity index (χ4v) is 3.19. The van der Waals surface area contributed by atoms with E-state index in [2.05, 4.69) is 29.3 Å². The number of hydrogen-bond donors (Lipinski definition) is 1. The third kappa shape index (κ3) is 4.59. The summed E-state index contributed by atoms with van der Waals surface area (Å²) in [7, 11) is 2.04. The van der Waals surface area contributed by atoms with Crippen LogP contribution in [0.3, 0.4) is 0 Å². The van der Waals surface area contributed by atoms with Gasteiger partial charge in [0.2, 0.25) is 5.95 Å². The van der Waals surface area contributed by atoms with Gasteiger partial charge in [-0.25, -0.2) is 4.98 Å². The minimum atomic E-state index is 0.564. The largest absolute Gasteiger partial charge is 0.486 e. The van der Waals surface area contributed by atoms with Gasteiger partial charge in [-0.1, -0.05) is 43.7 Å². The van der Waals surface area contributed by atoms with Gasteiger partial charge in [-0.15, -0.1) is 0 Å². The molecule has 1 aliphatic heterocycles. The molecule has 0 spiro atoms. The van der Waals surface area contributed by atoms with Crippen LogP contribution >= 0.6 is 0 Å². The van der Waals surface area contributed by atoms with Gasteiger partial charge in [0.25, 0.3) is 0 Å². The van der Waals surface area contributed by atoms with E-state index in [1.165, 1.54) is 0 Å². The van der Waals surface area contributed by atoms with E-state index < -0.39 is 0 Å². The molecule has 0 aliphatic carbocycles. The van der Waals surface area contributed by atoms with E-state index in [4.69, 9.17) is 19.4 Å². The van der Waals surface area contributed by atoms with Crippen molar-refractivity contribution in [3.63, 3.8) is 0 Å². The zero-order chi connectivity index (χ0) is 20.1. The van der Waals surface area contributed by atoms with Gasteiger partial charge in [0.05, 0.1) is 5.69 Å². The third-order valence-corrected chi connectivity index (χ3v) is 4.79. The summed E-state index contributed by atoms with van der Waals surface area (Å²) in [5.41, 5.74) is 2.85. The van der Waals surface area contributed by atoms with Crippen LogP contribution < -0.4 is 19.7 Å². The van der Waals surface area contributed by atoms with Gasteiger partial charge in [-0.2, -0.15) is 4.98 Å². The van der Waals surface area contributed by atoms with Gasteiger partial charge in [0.15, 0.2) is 11.5 Å². The average molecular weight is 390 g/mol. The third-order valence-electron chi connectivity index (χ3n) is 4.79. The predicted molar refractivity (Wildman–Crippen MR) is 116 cm³/mol. The molecule has 0 saturated heterocycles. The Morgan fingerprint density at radius 2 is 1.76 bits per heavy atom. The Morgan fingerprint density at radius 3 is 2.55 bits per heavy atom. The van der Waals surface area contributed by atoms with Crippen molar-refractivity contribution in [1.82, 2.24) is 9.97 Å². The van der Waals surface area contributed by atoms with Gasteiger partial charge in [-0.05, 0) is 18.6 Å². The molecule has 6 heteroatoms. The van der Waals surface area contributed by atoms with Crippen molar-refractivity contribution >= 4 is 17.5 Å². The molecule has 3 aromatic rings. The Bertz CT molecular complexity index is 962. The fraction of sp³-hybridized carbons (Fsp3) is 0.304. The SMILES string of the molecule is CCCCN(C)c1nc(Nc2ccc3c(c2)OCCO3)cc(-c2ccccc2)n1. The number of fused-ring (bicyclic) bond motifs is 1. The van der Waals surface area contributed by atoms with Crippen molar-refractivity contribution in [3.8, 4) is 22.8 Å². The first-order valence-electron chi connectivity index (χ1n) is 10.1. The highest BCUT2D eigenvalue weighted by molar-refractivity contribution is 5.68. The van der Waals surface area contributed by atoms with E-state index in [0.717, 1.165) is 53.6 Å². The van der Waals surface area contributed by atoms with Crippen molar-refractivity contribution < 1.29 is 9.47 Å². The van der Waals surface area contributed by atoms with Gasteiger partial charge in [-0.3, -0.25) is 0 Å². The highest BCUT2D eigenvalue weighted by Crippen LogP contribution is 2.34. The minimum absolute atomic E-state index is 0.564. The van der Waals surface area contributed by atoms with Crippen LogP contribution in [0.2, 0.25) is 0 Å². The van der Waals surface area contributed by atoms with E-state index in [9.17, 15) is 0 Å². The van der Waals surface area contributed by atoms with Gasteiger partial charge < -0.3 is 19.7 Å². The monoisotopic (exact) mass is 390 g/mol. The van der Waals surface area contributed by atoms with Crippen LogP contribution in [0.15, 0.2) is 54.6 Å². The zero-order valence-electron chi connectivity index (χ0n) is 16.9. The quantitative estimate of drug-likeness (QED) is 0.619. The summed E-state index contributed by atoms with van der Waals surface area (Å²) in [6.07, 6.45) is 2.23. The van der Waals surface area contributed by atoms with E-state index in [1.54, 1.807) is 0 Å². The molecule has 4 rings (SSSR count). The number of hydrogen-bond acceptors (Lipinski definition) is 6. The molecule has 0 saturated carbocycles. The normalized spacial score (nSPS) is 12.5.